The third-order valence-corrected chi connectivity index (χ3v) is 4.93. The van der Waals surface area contributed by atoms with Crippen molar-refractivity contribution in [3.63, 3.8) is 0 Å². The highest BCUT2D eigenvalue weighted by Crippen LogP contribution is 2.20. The zero-order valence-corrected chi connectivity index (χ0v) is 14.5. The Morgan fingerprint density at radius 1 is 1.21 bits per heavy atom. The van der Waals surface area contributed by atoms with E-state index in [4.69, 9.17) is 0 Å². The molecule has 4 nitrogen and oxygen atoms in total. The number of aromatic nitrogens is 1. The van der Waals surface area contributed by atoms with Crippen molar-refractivity contribution in [1.82, 2.24) is 14.8 Å². The van der Waals surface area contributed by atoms with Gasteiger partial charge in [0.2, 0.25) is 5.91 Å². The van der Waals surface area contributed by atoms with E-state index in [0.29, 0.717) is 0 Å². The number of nitrogens with zero attached hydrogens (tertiary/aromatic N) is 3. The number of hydrogen-bond donors (Lipinski definition) is 0. The highest BCUT2D eigenvalue weighted by molar-refractivity contribution is 5.81. The Morgan fingerprint density at radius 2 is 1.92 bits per heavy atom. The molecule has 0 N–H and O–H groups in total. The van der Waals surface area contributed by atoms with Crippen molar-refractivity contribution in [2.24, 2.45) is 0 Å². The minimum Gasteiger partial charge on any atom is -0.344 e. The van der Waals surface area contributed by atoms with E-state index in [1.807, 2.05) is 31.0 Å². The predicted molar refractivity (Wildman–Crippen MR) is 95.6 cm³/mol. The zero-order valence-electron chi connectivity index (χ0n) is 14.5. The number of carbonyl (C=O) groups is 1. The van der Waals surface area contributed by atoms with Gasteiger partial charge in [0.25, 0.3) is 0 Å². The number of likely N-dealkylation sites (N-methyl/N-ethyl adjacent to an activating group) is 1. The van der Waals surface area contributed by atoms with Crippen molar-refractivity contribution >= 4 is 5.91 Å². The Bertz CT molecular complexity index is 686. The number of fused-ring (bicyclic) bond motifs is 1. The summed E-state index contributed by atoms with van der Waals surface area (Å²) in [6.07, 6.45) is 5.48. The number of benzene rings is 1. The maximum Gasteiger partial charge on any atom is 0.239 e. The van der Waals surface area contributed by atoms with Crippen LogP contribution < -0.4 is 0 Å². The molecule has 1 aromatic carbocycles. The van der Waals surface area contributed by atoms with Crippen molar-refractivity contribution in [2.75, 3.05) is 20.1 Å². The van der Waals surface area contributed by atoms with Crippen LogP contribution in [0.1, 0.15) is 23.6 Å². The lowest BCUT2D eigenvalue weighted by atomic mass is 9.98. The summed E-state index contributed by atoms with van der Waals surface area (Å²) in [6.45, 7) is 4.57. The second-order valence-corrected chi connectivity index (χ2v) is 6.53. The van der Waals surface area contributed by atoms with E-state index in [1.54, 1.807) is 12.4 Å². The quantitative estimate of drug-likeness (QED) is 0.848. The Labute approximate surface area is 144 Å². The van der Waals surface area contributed by atoms with Crippen LogP contribution in [-0.4, -0.2) is 46.9 Å². The largest absolute Gasteiger partial charge is 0.344 e. The molecule has 2 heterocycles. The van der Waals surface area contributed by atoms with Gasteiger partial charge in [-0.2, -0.15) is 0 Å². The van der Waals surface area contributed by atoms with E-state index in [2.05, 4.69) is 34.1 Å². The fourth-order valence-electron chi connectivity index (χ4n) is 3.28. The van der Waals surface area contributed by atoms with Gasteiger partial charge in [0.1, 0.15) is 0 Å². The van der Waals surface area contributed by atoms with Gasteiger partial charge in [-0.05, 0) is 48.6 Å². The van der Waals surface area contributed by atoms with Gasteiger partial charge in [-0.25, -0.2) is 0 Å². The molecule has 0 saturated heterocycles. The summed E-state index contributed by atoms with van der Waals surface area (Å²) in [6, 6.07) is 12.5. The SMILES string of the molecule is C[C@@H](C(=O)N(C)CCc1ccncc1)N1CCc2ccccc2C1. The van der Waals surface area contributed by atoms with E-state index >= 15 is 0 Å². The normalized spacial score (nSPS) is 15.6. The van der Waals surface area contributed by atoms with Crippen LogP contribution in [-0.2, 0) is 24.2 Å². The van der Waals surface area contributed by atoms with Crippen molar-refractivity contribution in [2.45, 2.75) is 32.4 Å². The van der Waals surface area contributed by atoms with Gasteiger partial charge in [-0.15, -0.1) is 0 Å². The molecule has 1 aliphatic heterocycles. The Kier molecular flexibility index (Phi) is 5.26. The van der Waals surface area contributed by atoms with Gasteiger partial charge in [-0.1, -0.05) is 24.3 Å². The molecular formula is C20H25N3O. The molecule has 126 valence electrons. The molecule has 24 heavy (non-hydrogen) atoms. The van der Waals surface area contributed by atoms with Crippen LogP contribution in [0.3, 0.4) is 0 Å². The summed E-state index contributed by atoms with van der Waals surface area (Å²) in [5, 5.41) is 0. The van der Waals surface area contributed by atoms with Crippen molar-refractivity contribution in [3.8, 4) is 0 Å². The summed E-state index contributed by atoms with van der Waals surface area (Å²) in [5.41, 5.74) is 3.98. The summed E-state index contributed by atoms with van der Waals surface area (Å²) >= 11 is 0. The molecule has 3 rings (SSSR count). The molecule has 0 fully saturated rings. The maximum absolute atomic E-state index is 12.7. The van der Waals surface area contributed by atoms with Crippen molar-refractivity contribution in [3.05, 3.63) is 65.5 Å². The van der Waals surface area contributed by atoms with Crippen LogP contribution in [0.25, 0.3) is 0 Å². The Morgan fingerprint density at radius 3 is 2.67 bits per heavy atom. The minimum atomic E-state index is -0.0826. The van der Waals surface area contributed by atoms with Crippen LogP contribution in [0.15, 0.2) is 48.8 Å². The molecule has 0 spiro atoms. The van der Waals surface area contributed by atoms with E-state index in [-0.39, 0.29) is 11.9 Å². The van der Waals surface area contributed by atoms with E-state index < -0.39 is 0 Å². The second kappa shape index (κ2) is 7.58. The van der Waals surface area contributed by atoms with E-state index in [0.717, 1.165) is 32.5 Å². The fraction of sp³-hybridized carbons (Fsp3) is 0.400. The molecule has 0 aliphatic carbocycles. The average molecular weight is 323 g/mol. The van der Waals surface area contributed by atoms with Crippen LogP contribution >= 0.6 is 0 Å². The van der Waals surface area contributed by atoms with Crippen LogP contribution in [0.2, 0.25) is 0 Å². The summed E-state index contributed by atoms with van der Waals surface area (Å²) < 4.78 is 0. The number of rotatable bonds is 5. The zero-order chi connectivity index (χ0) is 16.9. The van der Waals surface area contributed by atoms with Gasteiger partial charge >= 0.3 is 0 Å². The van der Waals surface area contributed by atoms with Crippen LogP contribution in [0.4, 0.5) is 0 Å². The van der Waals surface area contributed by atoms with Crippen LogP contribution in [0.5, 0.6) is 0 Å². The molecule has 2 aromatic rings. The summed E-state index contributed by atoms with van der Waals surface area (Å²) in [5.74, 6) is 0.198. The Balaban J connectivity index is 1.56. The molecule has 0 bridgehead atoms. The first kappa shape index (κ1) is 16.7. The van der Waals surface area contributed by atoms with Crippen molar-refractivity contribution in [1.29, 1.82) is 0 Å². The molecule has 1 amide bonds. The molecule has 1 aliphatic rings. The molecule has 0 unspecified atom stereocenters. The molecular weight excluding hydrogens is 298 g/mol. The topological polar surface area (TPSA) is 36.4 Å². The first-order chi connectivity index (χ1) is 11.6. The first-order valence-electron chi connectivity index (χ1n) is 8.60. The van der Waals surface area contributed by atoms with Crippen LogP contribution in [0, 0.1) is 0 Å². The lowest BCUT2D eigenvalue weighted by molar-refractivity contribution is -0.135. The monoisotopic (exact) mass is 323 g/mol. The molecule has 0 saturated carbocycles. The van der Waals surface area contributed by atoms with E-state index in [9.17, 15) is 4.79 Å². The lowest BCUT2D eigenvalue weighted by Gasteiger charge is -2.34. The average Bonchev–Trinajstić information content (AvgIpc) is 2.65. The Hall–Kier alpha value is -2.20. The molecule has 0 radical (unpaired) electrons. The maximum atomic E-state index is 12.7. The van der Waals surface area contributed by atoms with Gasteiger partial charge in [0, 0.05) is 39.1 Å². The summed E-state index contributed by atoms with van der Waals surface area (Å²) in [7, 11) is 1.90. The third-order valence-electron chi connectivity index (χ3n) is 4.93. The first-order valence-corrected chi connectivity index (χ1v) is 8.60. The fourth-order valence-corrected chi connectivity index (χ4v) is 3.28. The summed E-state index contributed by atoms with van der Waals surface area (Å²) in [4.78, 5) is 20.9. The number of pyridine rings is 1. The highest BCUT2D eigenvalue weighted by atomic mass is 16.2. The number of carbonyl (C=O) groups excluding carboxylic acids is 1. The number of amides is 1. The minimum absolute atomic E-state index is 0.0826. The standard InChI is InChI=1S/C20H25N3O/c1-16(23-14-10-18-5-3-4-6-19(18)15-23)20(24)22(2)13-9-17-7-11-21-12-8-17/h3-8,11-12,16H,9-10,13-15H2,1-2H3/t16-/m0/s1. The second-order valence-electron chi connectivity index (χ2n) is 6.53. The van der Waals surface area contributed by atoms with Crippen molar-refractivity contribution < 1.29 is 4.79 Å². The lowest BCUT2D eigenvalue weighted by Crippen LogP contribution is -2.47. The molecule has 1 aromatic heterocycles. The third kappa shape index (κ3) is 3.82. The van der Waals surface area contributed by atoms with Gasteiger partial charge in [0.15, 0.2) is 0 Å². The van der Waals surface area contributed by atoms with Gasteiger partial charge in [-0.3, -0.25) is 14.7 Å². The van der Waals surface area contributed by atoms with E-state index in [1.165, 1.54) is 16.7 Å². The molecule has 4 heteroatoms. The van der Waals surface area contributed by atoms with Gasteiger partial charge < -0.3 is 4.90 Å². The van der Waals surface area contributed by atoms with Gasteiger partial charge in [0.05, 0.1) is 6.04 Å². The smallest absolute Gasteiger partial charge is 0.239 e. The highest BCUT2D eigenvalue weighted by Gasteiger charge is 2.26. The number of hydrogen-bond acceptors (Lipinski definition) is 3. The molecule has 1 atom stereocenters. The predicted octanol–water partition coefficient (Wildman–Crippen LogP) is 2.53.